The van der Waals surface area contributed by atoms with Gasteiger partial charge in [-0.1, -0.05) is 6.07 Å². The van der Waals surface area contributed by atoms with Crippen molar-refractivity contribution in [2.45, 2.75) is 25.9 Å². The van der Waals surface area contributed by atoms with E-state index < -0.39 is 0 Å². The zero-order chi connectivity index (χ0) is 13.8. The monoisotopic (exact) mass is 270 g/mol. The quantitative estimate of drug-likeness (QED) is 0.856. The van der Waals surface area contributed by atoms with Crippen LogP contribution < -0.4 is 9.64 Å². The van der Waals surface area contributed by atoms with Crippen molar-refractivity contribution < 1.29 is 4.74 Å². The minimum Gasteiger partial charge on any atom is -0.474 e. The zero-order valence-electron chi connectivity index (χ0n) is 11.6. The highest BCUT2D eigenvalue weighted by Gasteiger charge is 2.22. The lowest BCUT2D eigenvalue weighted by atomic mass is 10.1. The van der Waals surface area contributed by atoms with Gasteiger partial charge in [0.15, 0.2) is 0 Å². The second-order valence-corrected chi connectivity index (χ2v) is 4.98. The van der Waals surface area contributed by atoms with E-state index >= 15 is 0 Å². The van der Waals surface area contributed by atoms with Gasteiger partial charge in [0.1, 0.15) is 6.10 Å². The molecule has 3 heterocycles. The summed E-state index contributed by atoms with van der Waals surface area (Å²) in [6.07, 6.45) is 7.49. The van der Waals surface area contributed by atoms with Crippen molar-refractivity contribution in [3.8, 4) is 5.88 Å². The summed E-state index contributed by atoms with van der Waals surface area (Å²) in [5, 5.41) is 0. The molecule has 0 N–H and O–H groups in total. The average molecular weight is 270 g/mol. The SMILES string of the molecule is Cc1cccnc1OC1CCN(c2ncccn2)CC1. The third kappa shape index (κ3) is 2.87. The Balaban J connectivity index is 1.58. The summed E-state index contributed by atoms with van der Waals surface area (Å²) in [5.74, 6) is 1.56. The van der Waals surface area contributed by atoms with Crippen LogP contribution >= 0.6 is 0 Å². The molecule has 0 radical (unpaired) electrons. The van der Waals surface area contributed by atoms with Crippen LogP contribution in [0, 0.1) is 6.92 Å². The number of hydrogen-bond acceptors (Lipinski definition) is 5. The highest BCUT2D eigenvalue weighted by molar-refractivity contribution is 5.29. The Hall–Kier alpha value is -2.17. The molecule has 1 aliphatic rings. The molecule has 0 spiro atoms. The number of hydrogen-bond donors (Lipinski definition) is 0. The molecule has 104 valence electrons. The molecule has 2 aromatic rings. The van der Waals surface area contributed by atoms with E-state index in [-0.39, 0.29) is 6.10 Å². The maximum absolute atomic E-state index is 5.99. The number of piperidine rings is 1. The Morgan fingerprint density at radius 3 is 2.45 bits per heavy atom. The van der Waals surface area contributed by atoms with Gasteiger partial charge < -0.3 is 9.64 Å². The summed E-state index contributed by atoms with van der Waals surface area (Å²) in [5.41, 5.74) is 1.08. The van der Waals surface area contributed by atoms with Gasteiger partial charge in [-0.3, -0.25) is 0 Å². The molecular formula is C15H18N4O. The molecule has 0 bridgehead atoms. The molecule has 2 aromatic heterocycles. The second-order valence-electron chi connectivity index (χ2n) is 4.98. The summed E-state index contributed by atoms with van der Waals surface area (Å²) in [4.78, 5) is 15.1. The molecule has 0 unspecified atom stereocenters. The van der Waals surface area contributed by atoms with Gasteiger partial charge in [-0.05, 0) is 19.1 Å². The fourth-order valence-corrected chi connectivity index (χ4v) is 2.38. The van der Waals surface area contributed by atoms with Crippen molar-refractivity contribution in [3.05, 3.63) is 42.4 Å². The lowest BCUT2D eigenvalue weighted by Crippen LogP contribution is -2.39. The van der Waals surface area contributed by atoms with Gasteiger partial charge in [0, 0.05) is 50.1 Å². The van der Waals surface area contributed by atoms with Crippen LogP contribution in [0.5, 0.6) is 5.88 Å². The first-order valence-corrected chi connectivity index (χ1v) is 6.93. The minimum atomic E-state index is 0.226. The fraction of sp³-hybridized carbons (Fsp3) is 0.400. The van der Waals surface area contributed by atoms with Crippen molar-refractivity contribution in [3.63, 3.8) is 0 Å². The van der Waals surface area contributed by atoms with E-state index in [2.05, 4.69) is 19.9 Å². The van der Waals surface area contributed by atoms with E-state index in [9.17, 15) is 0 Å². The summed E-state index contributed by atoms with van der Waals surface area (Å²) < 4.78 is 5.99. The van der Waals surface area contributed by atoms with Crippen LogP contribution in [0.2, 0.25) is 0 Å². The van der Waals surface area contributed by atoms with E-state index in [1.54, 1.807) is 18.6 Å². The Labute approximate surface area is 118 Å². The second kappa shape index (κ2) is 5.86. The molecule has 1 aliphatic heterocycles. The lowest BCUT2D eigenvalue weighted by Gasteiger charge is -2.32. The largest absolute Gasteiger partial charge is 0.474 e. The third-order valence-electron chi connectivity index (χ3n) is 3.52. The molecule has 20 heavy (non-hydrogen) atoms. The van der Waals surface area contributed by atoms with Gasteiger partial charge in [0.25, 0.3) is 0 Å². The molecule has 5 nitrogen and oxygen atoms in total. The van der Waals surface area contributed by atoms with Crippen LogP contribution in [0.4, 0.5) is 5.95 Å². The first kappa shape index (κ1) is 12.8. The molecule has 0 aliphatic carbocycles. The highest BCUT2D eigenvalue weighted by atomic mass is 16.5. The number of rotatable bonds is 3. The number of nitrogens with zero attached hydrogens (tertiary/aromatic N) is 4. The van der Waals surface area contributed by atoms with Crippen molar-refractivity contribution in [1.29, 1.82) is 0 Å². The Morgan fingerprint density at radius 2 is 1.75 bits per heavy atom. The number of ether oxygens (including phenoxy) is 1. The van der Waals surface area contributed by atoms with Crippen molar-refractivity contribution >= 4 is 5.95 Å². The zero-order valence-corrected chi connectivity index (χ0v) is 11.6. The third-order valence-corrected chi connectivity index (χ3v) is 3.52. The topological polar surface area (TPSA) is 51.1 Å². The fourth-order valence-electron chi connectivity index (χ4n) is 2.38. The maximum atomic E-state index is 5.99. The van der Waals surface area contributed by atoms with E-state index in [0.29, 0.717) is 0 Å². The van der Waals surface area contributed by atoms with Crippen molar-refractivity contribution in [2.24, 2.45) is 0 Å². The molecular weight excluding hydrogens is 252 g/mol. The maximum Gasteiger partial charge on any atom is 0.225 e. The Kier molecular flexibility index (Phi) is 3.76. The van der Waals surface area contributed by atoms with Crippen molar-refractivity contribution in [1.82, 2.24) is 15.0 Å². The molecule has 5 heteroatoms. The van der Waals surface area contributed by atoms with Gasteiger partial charge in [0.2, 0.25) is 11.8 Å². The van der Waals surface area contributed by atoms with Gasteiger partial charge in [-0.2, -0.15) is 0 Å². The summed E-state index contributed by atoms with van der Waals surface area (Å²) in [6.45, 7) is 3.86. The smallest absolute Gasteiger partial charge is 0.225 e. The number of anilines is 1. The molecule has 0 amide bonds. The molecule has 1 saturated heterocycles. The van der Waals surface area contributed by atoms with Gasteiger partial charge in [-0.25, -0.2) is 15.0 Å². The van der Waals surface area contributed by atoms with Crippen LogP contribution in [0.25, 0.3) is 0 Å². The van der Waals surface area contributed by atoms with Crippen LogP contribution in [-0.4, -0.2) is 34.1 Å². The van der Waals surface area contributed by atoms with Crippen LogP contribution in [0.15, 0.2) is 36.8 Å². The molecule has 3 rings (SSSR count). The summed E-state index contributed by atoms with van der Waals surface area (Å²) in [6, 6.07) is 5.79. The van der Waals surface area contributed by atoms with E-state index in [4.69, 9.17) is 4.74 Å². The van der Waals surface area contributed by atoms with Crippen LogP contribution in [-0.2, 0) is 0 Å². The number of aromatic nitrogens is 3. The van der Waals surface area contributed by atoms with E-state index in [0.717, 1.165) is 43.3 Å². The van der Waals surface area contributed by atoms with Crippen LogP contribution in [0.3, 0.4) is 0 Å². The standard InChI is InChI=1S/C15H18N4O/c1-12-4-2-7-16-14(12)20-13-5-10-19(11-6-13)15-17-8-3-9-18-15/h2-4,7-9,13H,5-6,10-11H2,1H3. The van der Waals surface area contributed by atoms with Crippen LogP contribution in [0.1, 0.15) is 18.4 Å². The van der Waals surface area contributed by atoms with E-state index in [1.807, 2.05) is 25.1 Å². The highest BCUT2D eigenvalue weighted by Crippen LogP contribution is 2.21. The lowest BCUT2D eigenvalue weighted by molar-refractivity contribution is 0.162. The first-order valence-electron chi connectivity index (χ1n) is 6.93. The predicted molar refractivity (Wildman–Crippen MR) is 76.9 cm³/mol. The Bertz CT molecular complexity index is 553. The first-order chi connectivity index (χ1) is 9.83. The van der Waals surface area contributed by atoms with Crippen molar-refractivity contribution in [2.75, 3.05) is 18.0 Å². The summed E-state index contributed by atoms with van der Waals surface area (Å²) in [7, 11) is 0. The predicted octanol–water partition coefficient (Wildman–Crippen LogP) is 2.23. The molecule has 0 aromatic carbocycles. The average Bonchev–Trinajstić information content (AvgIpc) is 2.51. The number of pyridine rings is 1. The van der Waals surface area contributed by atoms with Gasteiger partial charge in [0.05, 0.1) is 0 Å². The van der Waals surface area contributed by atoms with Gasteiger partial charge in [-0.15, -0.1) is 0 Å². The molecule has 0 atom stereocenters. The summed E-state index contributed by atoms with van der Waals surface area (Å²) >= 11 is 0. The Morgan fingerprint density at radius 1 is 1.05 bits per heavy atom. The van der Waals surface area contributed by atoms with E-state index in [1.165, 1.54) is 0 Å². The molecule has 1 fully saturated rings. The number of aryl methyl sites for hydroxylation is 1. The normalized spacial score (nSPS) is 16.1. The van der Waals surface area contributed by atoms with Gasteiger partial charge >= 0.3 is 0 Å². The minimum absolute atomic E-state index is 0.226. The molecule has 0 saturated carbocycles.